The number of carboxylic acids is 1. The van der Waals surface area contributed by atoms with Crippen molar-refractivity contribution in [1.82, 2.24) is 10.6 Å². The molecule has 210 valence electrons. The standard InChI is InChI=1S/C25H40N2O10/c1-32-11-12-33-13-14-34-15-16-35-17-18-36-20-23(28)27-22(24(29)30)9-5-6-10-26-25(31)37-19-21-7-3-2-4-8-21/h2-4,7-8,22H,5-6,9-20H2,1H3,(H,26,31)(H,27,28)(H,29,30)/t22-/m0/s1. The lowest BCUT2D eigenvalue weighted by Crippen LogP contribution is -2.42. The summed E-state index contributed by atoms with van der Waals surface area (Å²) in [6.45, 7) is 3.54. The highest BCUT2D eigenvalue weighted by Crippen LogP contribution is 2.03. The molecule has 0 unspecified atom stereocenters. The van der Waals surface area contributed by atoms with Crippen LogP contribution in [0, 0.1) is 0 Å². The predicted octanol–water partition coefficient (Wildman–Crippen LogP) is 1.37. The van der Waals surface area contributed by atoms with Gasteiger partial charge in [0.05, 0.1) is 52.9 Å². The molecule has 0 aromatic heterocycles. The van der Waals surface area contributed by atoms with Crippen molar-refractivity contribution >= 4 is 18.0 Å². The van der Waals surface area contributed by atoms with E-state index < -0.39 is 24.0 Å². The number of hydrogen-bond acceptors (Lipinski definition) is 9. The quantitative estimate of drug-likeness (QED) is 0.178. The van der Waals surface area contributed by atoms with Crippen LogP contribution in [-0.2, 0) is 44.6 Å². The average molecular weight is 529 g/mol. The van der Waals surface area contributed by atoms with E-state index in [0.717, 1.165) is 5.56 Å². The molecule has 37 heavy (non-hydrogen) atoms. The molecule has 0 bridgehead atoms. The second kappa shape index (κ2) is 22.4. The smallest absolute Gasteiger partial charge is 0.407 e. The Hall–Kier alpha value is -2.77. The zero-order valence-electron chi connectivity index (χ0n) is 21.5. The van der Waals surface area contributed by atoms with E-state index in [-0.39, 0.29) is 32.8 Å². The van der Waals surface area contributed by atoms with Crippen LogP contribution in [0.5, 0.6) is 0 Å². The van der Waals surface area contributed by atoms with Crippen molar-refractivity contribution < 1.29 is 47.9 Å². The van der Waals surface area contributed by atoms with E-state index in [1.165, 1.54) is 0 Å². The highest BCUT2D eigenvalue weighted by Gasteiger charge is 2.19. The molecule has 0 heterocycles. The summed E-state index contributed by atoms with van der Waals surface area (Å²) >= 11 is 0. The lowest BCUT2D eigenvalue weighted by molar-refractivity contribution is -0.142. The van der Waals surface area contributed by atoms with Crippen LogP contribution in [0.1, 0.15) is 24.8 Å². The van der Waals surface area contributed by atoms with E-state index in [4.69, 9.17) is 28.4 Å². The molecule has 0 spiro atoms. The Labute approximate surface area is 217 Å². The molecule has 0 saturated heterocycles. The van der Waals surface area contributed by atoms with Gasteiger partial charge in [0, 0.05) is 13.7 Å². The van der Waals surface area contributed by atoms with Gasteiger partial charge in [0.1, 0.15) is 19.3 Å². The summed E-state index contributed by atoms with van der Waals surface area (Å²) in [5.41, 5.74) is 0.885. The number of amides is 2. The molecule has 1 aromatic rings. The Morgan fingerprint density at radius 1 is 0.838 bits per heavy atom. The number of carbonyl (C=O) groups is 3. The Morgan fingerprint density at radius 2 is 1.43 bits per heavy atom. The van der Waals surface area contributed by atoms with Crippen LogP contribution in [0.3, 0.4) is 0 Å². The van der Waals surface area contributed by atoms with E-state index in [1.807, 2.05) is 30.3 Å². The first-order valence-corrected chi connectivity index (χ1v) is 12.3. The van der Waals surface area contributed by atoms with Gasteiger partial charge in [0.25, 0.3) is 0 Å². The van der Waals surface area contributed by atoms with Gasteiger partial charge in [-0.05, 0) is 24.8 Å². The summed E-state index contributed by atoms with van der Waals surface area (Å²) in [4.78, 5) is 35.1. The van der Waals surface area contributed by atoms with Crippen molar-refractivity contribution in [2.24, 2.45) is 0 Å². The molecular formula is C25H40N2O10. The van der Waals surface area contributed by atoms with Gasteiger partial charge in [0.2, 0.25) is 5.91 Å². The molecule has 0 aliphatic rings. The van der Waals surface area contributed by atoms with Crippen LogP contribution in [0.15, 0.2) is 30.3 Å². The Balaban J connectivity index is 2.00. The minimum Gasteiger partial charge on any atom is -0.480 e. The van der Waals surface area contributed by atoms with Gasteiger partial charge < -0.3 is 44.2 Å². The topological polar surface area (TPSA) is 151 Å². The van der Waals surface area contributed by atoms with Gasteiger partial charge in [-0.2, -0.15) is 0 Å². The molecule has 2 amide bonds. The summed E-state index contributed by atoms with van der Waals surface area (Å²) in [7, 11) is 1.61. The number of unbranched alkanes of at least 4 members (excludes halogenated alkanes) is 1. The van der Waals surface area contributed by atoms with Crippen LogP contribution in [0.25, 0.3) is 0 Å². The van der Waals surface area contributed by atoms with Gasteiger partial charge in [-0.25, -0.2) is 9.59 Å². The molecule has 12 heteroatoms. The molecule has 0 aliphatic carbocycles. The summed E-state index contributed by atoms with van der Waals surface area (Å²) in [6.07, 6.45) is 0.719. The minimum absolute atomic E-state index is 0.175. The molecule has 1 aromatic carbocycles. The molecule has 0 aliphatic heterocycles. The van der Waals surface area contributed by atoms with E-state index in [9.17, 15) is 19.5 Å². The average Bonchev–Trinajstić information content (AvgIpc) is 2.89. The number of methoxy groups -OCH3 is 1. The fourth-order valence-electron chi connectivity index (χ4n) is 2.90. The van der Waals surface area contributed by atoms with Crippen molar-refractivity contribution in [1.29, 1.82) is 0 Å². The zero-order chi connectivity index (χ0) is 27.0. The molecule has 0 saturated carbocycles. The number of ether oxygens (including phenoxy) is 6. The predicted molar refractivity (Wildman–Crippen MR) is 133 cm³/mol. The number of alkyl carbamates (subject to hydrolysis) is 1. The van der Waals surface area contributed by atoms with E-state index in [0.29, 0.717) is 59.0 Å². The minimum atomic E-state index is -1.13. The molecule has 0 fully saturated rings. The van der Waals surface area contributed by atoms with E-state index >= 15 is 0 Å². The van der Waals surface area contributed by atoms with Crippen LogP contribution in [-0.4, -0.2) is 102 Å². The third kappa shape index (κ3) is 19.1. The maximum atomic E-state index is 12.0. The number of benzene rings is 1. The number of hydrogen-bond donors (Lipinski definition) is 3. The van der Waals surface area contributed by atoms with Crippen LogP contribution in [0.4, 0.5) is 4.79 Å². The molecular weight excluding hydrogens is 488 g/mol. The van der Waals surface area contributed by atoms with E-state index in [2.05, 4.69) is 10.6 Å². The third-order valence-corrected chi connectivity index (χ3v) is 4.82. The maximum absolute atomic E-state index is 12.0. The van der Waals surface area contributed by atoms with Gasteiger partial charge in [0.15, 0.2) is 0 Å². The normalized spacial score (nSPS) is 11.6. The Kier molecular flexibility index (Phi) is 19.6. The number of carbonyl (C=O) groups excluding carboxylic acids is 2. The summed E-state index contributed by atoms with van der Waals surface area (Å²) in [5.74, 6) is -1.65. The summed E-state index contributed by atoms with van der Waals surface area (Å²) in [6, 6.07) is 8.27. The lowest BCUT2D eigenvalue weighted by atomic mass is 10.1. The summed E-state index contributed by atoms with van der Waals surface area (Å²) in [5, 5.41) is 14.4. The third-order valence-electron chi connectivity index (χ3n) is 4.82. The number of carboxylic acid groups (broad SMARTS) is 1. The Morgan fingerprint density at radius 3 is 2.03 bits per heavy atom. The van der Waals surface area contributed by atoms with Gasteiger partial charge >= 0.3 is 12.1 Å². The second-order valence-corrected chi connectivity index (χ2v) is 7.83. The lowest BCUT2D eigenvalue weighted by Gasteiger charge is -2.15. The van der Waals surface area contributed by atoms with Crippen LogP contribution >= 0.6 is 0 Å². The fraction of sp³-hybridized carbons (Fsp3) is 0.640. The second-order valence-electron chi connectivity index (χ2n) is 7.83. The first-order chi connectivity index (χ1) is 18.0. The monoisotopic (exact) mass is 528 g/mol. The van der Waals surface area contributed by atoms with Crippen molar-refractivity contribution in [3.05, 3.63) is 35.9 Å². The fourth-order valence-corrected chi connectivity index (χ4v) is 2.90. The van der Waals surface area contributed by atoms with Crippen molar-refractivity contribution in [3.63, 3.8) is 0 Å². The van der Waals surface area contributed by atoms with Gasteiger partial charge in [-0.15, -0.1) is 0 Å². The first-order valence-electron chi connectivity index (χ1n) is 12.3. The molecule has 0 radical (unpaired) electrons. The van der Waals surface area contributed by atoms with Gasteiger partial charge in [-0.3, -0.25) is 4.79 Å². The molecule has 3 N–H and O–H groups in total. The van der Waals surface area contributed by atoms with Crippen LogP contribution in [0.2, 0.25) is 0 Å². The largest absolute Gasteiger partial charge is 0.480 e. The van der Waals surface area contributed by atoms with Gasteiger partial charge in [-0.1, -0.05) is 30.3 Å². The molecule has 1 rings (SSSR count). The molecule has 1 atom stereocenters. The highest BCUT2D eigenvalue weighted by atomic mass is 16.6. The van der Waals surface area contributed by atoms with Crippen molar-refractivity contribution in [2.75, 3.05) is 73.1 Å². The summed E-state index contributed by atoms with van der Waals surface area (Å²) < 4.78 is 31.1. The number of rotatable bonds is 23. The maximum Gasteiger partial charge on any atom is 0.407 e. The first kappa shape index (κ1) is 32.3. The van der Waals surface area contributed by atoms with Crippen LogP contribution < -0.4 is 10.6 Å². The van der Waals surface area contributed by atoms with E-state index in [1.54, 1.807) is 7.11 Å². The van der Waals surface area contributed by atoms with Crippen molar-refractivity contribution in [3.8, 4) is 0 Å². The SMILES string of the molecule is COCCOCCOCCOCCOCC(=O)N[C@@H](CCCCNC(=O)OCc1ccccc1)C(=O)O. The zero-order valence-corrected chi connectivity index (χ0v) is 21.5. The number of aliphatic carboxylic acids is 1. The number of nitrogens with one attached hydrogen (secondary N) is 2. The Bertz CT molecular complexity index is 735. The molecule has 12 nitrogen and oxygen atoms in total. The highest BCUT2D eigenvalue weighted by molar-refractivity contribution is 5.84. The van der Waals surface area contributed by atoms with Crippen molar-refractivity contribution in [2.45, 2.75) is 31.9 Å².